The van der Waals surface area contributed by atoms with Crippen LogP contribution in [0, 0.1) is 5.41 Å². The van der Waals surface area contributed by atoms with Crippen molar-refractivity contribution < 1.29 is 14.6 Å². The van der Waals surface area contributed by atoms with Gasteiger partial charge in [-0.25, -0.2) is 5.43 Å². The standard InChI is InChI=1S/C31H44Br2N2O3/c1-28(2,3)18-31(10,11)20-14-23(32)27(24(33)15-20)38-17-25(36)35-34-16-19-12-21(29(4,5)6)26(37)22(13-19)30(7,8)9/h12-16,37H,17-18H2,1-11H3,(H,35,36). The first-order valence-corrected chi connectivity index (χ1v) is 14.5. The van der Waals surface area contributed by atoms with Gasteiger partial charge >= 0.3 is 0 Å². The van der Waals surface area contributed by atoms with Gasteiger partial charge in [0.2, 0.25) is 0 Å². The zero-order valence-electron chi connectivity index (χ0n) is 24.8. The summed E-state index contributed by atoms with van der Waals surface area (Å²) in [7, 11) is 0. The average molecular weight is 653 g/mol. The number of rotatable bonds is 7. The predicted molar refractivity (Wildman–Crippen MR) is 166 cm³/mol. The lowest BCUT2D eigenvalue weighted by molar-refractivity contribution is -0.123. The molecule has 2 rings (SSSR count). The van der Waals surface area contributed by atoms with Crippen LogP contribution in [-0.2, 0) is 21.0 Å². The zero-order valence-corrected chi connectivity index (χ0v) is 27.9. The van der Waals surface area contributed by atoms with E-state index in [1.54, 1.807) is 6.21 Å². The number of hydrazone groups is 1. The second-order valence-corrected chi connectivity index (χ2v) is 15.6. The summed E-state index contributed by atoms with van der Waals surface area (Å²) in [6.45, 7) is 23.4. The van der Waals surface area contributed by atoms with Crippen LogP contribution in [-0.4, -0.2) is 23.8 Å². The molecule has 2 aromatic rings. The van der Waals surface area contributed by atoms with Gasteiger partial charge in [-0.05, 0) is 95.3 Å². The van der Waals surface area contributed by atoms with Gasteiger partial charge in [0, 0.05) is 11.1 Å². The summed E-state index contributed by atoms with van der Waals surface area (Å²) < 4.78 is 7.40. The molecule has 0 fully saturated rings. The van der Waals surface area contributed by atoms with Crippen molar-refractivity contribution in [3.8, 4) is 11.5 Å². The highest BCUT2D eigenvalue weighted by Crippen LogP contribution is 2.42. The number of hydrogen-bond donors (Lipinski definition) is 2. The average Bonchev–Trinajstić information content (AvgIpc) is 2.70. The second-order valence-electron chi connectivity index (χ2n) is 13.9. The SMILES string of the molecule is CC(C)(C)CC(C)(C)c1cc(Br)c(OCC(=O)NN=Cc2cc(C(C)(C)C)c(O)c(C(C)(C)C)c2)c(Br)c1. The topological polar surface area (TPSA) is 70.9 Å². The van der Waals surface area contributed by atoms with E-state index in [1.807, 2.05) is 12.1 Å². The summed E-state index contributed by atoms with van der Waals surface area (Å²) in [5, 5.41) is 15.0. The first kappa shape index (κ1) is 32.4. The van der Waals surface area contributed by atoms with Crippen molar-refractivity contribution in [3.05, 3.63) is 55.5 Å². The maximum Gasteiger partial charge on any atom is 0.277 e. The highest BCUT2D eigenvalue weighted by Gasteiger charge is 2.29. The van der Waals surface area contributed by atoms with Gasteiger partial charge in [-0.1, -0.05) is 76.2 Å². The van der Waals surface area contributed by atoms with Gasteiger partial charge in [0.1, 0.15) is 11.5 Å². The van der Waals surface area contributed by atoms with Crippen LogP contribution in [0.5, 0.6) is 11.5 Å². The summed E-state index contributed by atoms with van der Waals surface area (Å²) in [4.78, 5) is 12.5. The van der Waals surface area contributed by atoms with E-state index in [4.69, 9.17) is 4.74 Å². The minimum atomic E-state index is -0.372. The van der Waals surface area contributed by atoms with Crippen LogP contribution < -0.4 is 10.2 Å². The molecule has 0 unspecified atom stereocenters. The minimum absolute atomic E-state index is 0.0259. The number of nitrogens with one attached hydrogen (secondary N) is 1. The highest BCUT2D eigenvalue weighted by molar-refractivity contribution is 9.11. The third-order valence-electron chi connectivity index (χ3n) is 6.25. The van der Waals surface area contributed by atoms with Gasteiger partial charge in [-0.15, -0.1) is 0 Å². The van der Waals surface area contributed by atoms with E-state index in [0.717, 1.165) is 32.1 Å². The molecule has 0 spiro atoms. The molecule has 0 saturated carbocycles. The number of benzene rings is 2. The molecule has 1 amide bonds. The molecule has 210 valence electrons. The third kappa shape index (κ3) is 8.84. The molecule has 0 saturated heterocycles. The van der Waals surface area contributed by atoms with E-state index in [2.05, 4.69) is 131 Å². The second kappa shape index (κ2) is 11.7. The molecule has 0 aliphatic carbocycles. The Morgan fingerprint density at radius 1 is 0.895 bits per heavy atom. The first-order valence-electron chi connectivity index (χ1n) is 12.9. The number of nitrogens with zero attached hydrogens (tertiary/aromatic N) is 1. The number of carbonyl (C=O) groups excluding carboxylic acids is 1. The fourth-order valence-corrected chi connectivity index (χ4v) is 6.16. The Hall–Kier alpha value is -1.86. The maximum atomic E-state index is 12.5. The van der Waals surface area contributed by atoms with E-state index >= 15 is 0 Å². The molecule has 0 aliphatic rings. The molecule has 0 radical (unpaired) electrons. The van der Waals surface area contributed by atoms with Crippen LogP contribution in [0.2, 0.25) is 0 Å². The number of halogens is 2. The molecular formula is C31H44Br2N2O3. The number of carbonyl (C=O) groups is 1. The molecular weight excluding hydrogens is 608 g/mol. The lowest BCUT2D eigenvalue weighted by atomic mass is 9.72. The van der Waals surface area contributed by atoms with Crippen LogP contribution in [0.15, 0.2) is 38.3 Å². The summed E-state index contributed by atoms with van der Waals surface area (Å²) in [6, 6.07) is 7.94. The van der Waals surface area contributed by atoms with E-state index in [0.29, 0.717) is 11.5 Å². The van der Waals surface area contributed by atoms with Crippen molar-refractivity contribution in [1.29, 1.82) is 0 Å². The van der Waals surface area contributed by atoms with Gasteiger partial charge in [-0.3, -0.25) is 4.79 Å². The Bertz CT molecular complexity index is 1140. The number of amides is 1. The lowest BCUT2D eigenvalue weighted by Gasteiger charge is -2.33. The van der Waals surface area contributed by atoms with Gasteiger partial charge in [0.05, 0.1) is 15.2 Å². The Kier molecular flexibility index (Phi) is 9.97. The molecule has 2 N–H and O–H groups in total. The number of phenols is 1. The molecule has 0 atom stereocenters. The number of aromatic hydroxyl groups is 1. The zero-order chi connectivity index (χ0) is 29.3. The van der Waals surface area contributed by atoms with E-state index in [1.165, 1.54) is 5.56 Å². The third-order valence-corrected chi connectivity index (χ3v) is 7.43. The van der Waals surface area contributed by atoms with Gasteiger partial charge in [-0.2, -0.15) is 5.10 Å². The molecule has 2 aromatic carbocycles. The van der Waals surface area contributed by atoms with Gasteiger partial charge < -0.3 is 9.84 Å². The summed E-state index contributed by atoms with van der Waals surface area (Å²) in [5.41, 5.74) is 5.88. The van der Waals surface area contributed by atoms with Crippen LogP contribution in [0.3, 0.4) is 0 Å². The lowest BCUT2D eigenvalue weighted by Crippen LogP contribution is -2.26. The van der Waals surface area contributed by atoms with Crippen molar-refractivity contribution in [1.82, 2.24) is 5.43 Å². The Labute approximate surface area is 246 Å². The van der Waals surface area contributed by atoms with Crippen molar-refractivity contribution in [2.75, 3.05) is 6.61 Å². The molecule has 0 aliphatic heterocycles. The molecule has 5 nitrogen and oxygen atoms in total. The van der Waals surface area contributed by atoms with Crippen LogP contribution in [0.25, 0.3) is 0 Å². The van der Waals surface area contributed by atoms with Crippen LogP contribution in [0.1, 0.15) is 105 Å². The minimum Gasteiger partial charge on any atom is -0.507 e. The normalized spacial score (nSPS) is 13.2. The quantitative estimate of drug-likeness (QED) is 0.232. The smallest absolute Gasteiger partial charge is 0.277 e. The van der Waals surface area contributed by atoms with Crippen LogP contribution in [0.4, 0.5) is 0 Å². The van der Waals surface area contributed by atoms with Crippen molar-refractivity contribution in [2.24, 2.45) is 10.5 Å². The number of ether oxygens (including phenoxy) is 1. The van der Waals surface area contributed by atoms with Crippen LogP contribution >= 0.6 is 31.9 Å². The van der Waals surface area contributed by atoms with Crippen molar-refractivity contribution in [2.45, 2.75) is 98.8 Å². The molecule has 38 heavy (non-hydrogen) atoms. The molecule has 0 bridgehead atoms. The Balaban J connectivity index is 2.14. The Morgan fingerprint density at radius 2 is 1.37 bits per heavy atom. The number of hydrogen-bond acceptors (Lipinski definition) is 4. The fraction of sp³-hybridized carbons (Fsp3) is 0.548. The summed E-state index contributed by atoms with van der Waals surface area (Å²) in [6.07, 6.45) is 2.62. The molecule has 0 heterocycles. The fourth-order valence-electron chi connectivity index (χ4n) is 4.74. The van der Waals surface area contributed by atoms with Crippen molar-refractivity contribution >= 4 is 44.0 Å². The highest BCUT2D eigenvalue weighted by atomic mass is 79.9. The van der Waals surface area contributed by atoms with E-state index in [9.17, 15) is 9.90 Å². The predicted octanol–water partition coefficient (Wildman–Crippen LogP) is 8.76. The van der Waals surface area contributed by atoms with Crippen molar-refractivity contribution in [3.63, 3.8) is 0 Å². The van der Waals surface area contributed by atoms with E-state index in [-0.39, 0.29) is 34.2 Å². The largest absolute Gasteiger partial charge is 0.507 e. The van der Waals surface area contributed by atoms with Gasteiger partial charge in [0.15, 0.2) is 6.61 Å². The molecule has 7 heteroatoms. The molecule has 0 aromatic heterocycles. The van der Waals surface area contributed by atoms with E-state index < -0.39 is 0 Å². The number of phenolic OH excluding ortho intramolecular Hbond substituents is 1. The summed E-state index contributed by atoms with van der Waals surface area (Å²) in [5.74, 6) is 0.509. The first-order chi connectivity index (χ1) is 17.1. The maximum absolute atomic E-state index is 12.5. The summed E-state index contributed by atoms with van der Waals surface area (Å²) >= 11 is 7.24. The van der Waals surface area contributed by atoms with Gasteiger partial charge in [0.25, 0.3) is 5.91 Å². The Morgan fingerprint density at radius 3 is 1.79 bits per heavy atom. The monoisotopic (exact) mass is 650 g/mol.